The number of likely N-dealkylation sites (tertiary alicyclic amines) is 1. The van der Waals surface area contributed by atoms with Crippen LogP contribution in [0.1, 0.15) is 39.0 Å². The third-order valence-electron chi connectivity index (χ3n) is 5.08. The largest absolute Gasteiger partial charge is 0.494 e. The van der Waals surface area contributed by atoms with E-state index in [0.29, 0.717) is 37.1 Å². The number of carbonyl (C=O) groups is 1. The van der Waals surface area contributed by atoms with Crippen LogP contribution in [0.3, 0.4) is 0 Å². The first-order valence-electron chi connectivity index (χ1n) is 9.66. The van der Waals surface area contributed by atoms with Crippen LogP contribution in [0.25, 0.3) is 11.4 Å². The van der Waals surface area contributed by atoms with Crippen LogP contribution in [-0.2, 0) is 11.2 Å². The first-order valence-corrected chi connectivity index (χ1v) is 9.66. The lowest BCUT2D eigenvalue weighted by Crippen LogP contribution is -2.42. The predicted octanol–water partition coefficient (Wildman–Crippen LogP) is 2.65. The van der Waals surface area contributed by atoms with Crippen molar-refractivity contribution in [1.82, 2.24) is 15.0 Å². The number of hydrogen-bond acceptors (Lipinski definition) is 6. The van der Waals surface area contributed by atoms with Crippen molar-refractivity contribution in [3.8, 4) is 17.1 Å². The van der Waals surface area contributed by atoms with Crippen molar-refractivity contribution in [3.63, 3.8) is 0 Å². The highest BCUT2D eigenvalue weighted by Gasteiger charge is 2.24. The molecule has 0 radical (unpaired) electrons. The fourth-order valence-electron chi connectivity index (χ4n) is 3.39. The number of nitrogens with two attached hydrogens (primary N) is 1. The summed E-state index contributed by atoms with van der Waals surface area (Å²) in [6.07, 6.45) is 2.79. The zero-order chi connectivity index (χ0) is 19.2. The highest BCUT2D eigenvalue weighted by atomic mass is 16.5. The highest BCUT2D eigenvalue weighted by molar-refractivity contribution is 5.76. The highest BCUT2D eigenvalue weighted by Crippen LogP contribution is 2.22. The zero-order valence-corrected chi connectivity index (χ0v) is 16.1. The Kier molecular flexibility index (Phi) is 6.45. The van der Waals surface area contributed by atoms with Crippen molar-refractivity contribution in [1.29, 1.82) is 0 Å². The molecular formula is C20H28N4O3. The Hall–Kier alpha value is -2.41. The molecule has 1 aromatic carbocycles. The van der Waals surface area contributed by atoms with E-state index in [1.165, 1.54) is 0 Å². The molecule has 1 amide bonds. The molecule has 0 bridgehead atoms. The minimum absolute atomic E-state index is 0.138. The maximum Gasteiger partial charge on any atom is 0.227 e. The second kappa shape index (κ2) is 8.99. The molecule has 1 fully saturated rings. The van der Waals surface area contributed by atoms with Crippen molar-refractivity contribution >= 4 is 5.91 Å². The number of ether oxygens (including phenoxy) is 1. The summed E-state index contributed by atoms with van der Waals surface area (Å²) in [6.45, 7) is 6.18. The van der Waals surface area contributed by atoms with Crippen molar-refractivity contribution in [2.24, 2.45) is 11.7 Å². The smallest absolute Gasteiger partial charge is 0.227 e. The summed E-state index contributed by atoms with van der Waals surface area (Å²) in [5.41, 5.74) is 6.82. The van der Waals surface area contributed by atoms with E-state index in [1.807, 2.05) is 43.0 Å². The number of nitrogens with zero attached hydrogens (tertiary/aromatic N) is 3. The van der Waals surface area contributed by atoms with Crippen LogP contribution in [0.5, 0.6) is 5.75 Å². The predicted molar refractivity (Wildman–Crippen MR) is 102 cm³/mol. The van der Waals surface area contributed by atoms with Gasteiger partial charge in [0.15, 0.2) is 0 Å². The quantitative estimate of drug-likeness (QED) is 0.803. The van der Waals surface area contributed by atoms with Crippen LogP contribution in [0.15, 0.2) is 28.8 Å². The van der Waals surface area contributed by atoms with Gasteiger partial charge < -0.3 is 19.9 Å². The summed E-state index contributed by atoms with van der Waals surface area (Å²) in [4.78, 5) is 18.7. The topological polar surface area (TPSA) is 94.5 Å². The van der Waals surface area contributed by atoms with Gasteiger partial charge in [0, 0.05) is 37.5 Å². The number of amides is 1. The van der Waals surface area contributed by atoms with Gasteiger partial charge in [-0.1, -0.05) is 5.16 Å². The number of rotatable bonds is 7. The summed E-state index contributed by atoms with van der Waals surface area (Å²) in [5.74, 6) is 2.47. The Morgan fingerprint density at radius 2 is 2.04 bits per heavy atom. The van der Waals surface area contributed by atoms with Crippen molar-refractivity contribution in [3.05, 3.63) is 30.2 Å². The second-order valence-electron chi connectivity index (χ2n) is 7.05. The molecule has 1 saturated heterocycles. The standard InChI is InChI=1S/C20H28N4O3/c1-3-26-17-6-4-16(5-7-17)20-22-18(27-23-20)8-9-19(25)24-12-10-15(11-13-24)14(2)21/h4-7,14-15H,3,8-13,21H2,1-2H3. The van der Waals surface area contributed by atoms with Crippen molar-refractivity contribution in [2.75, 3.05) is 19.7 Å². The fraction of sp³-hybridized carbons (Fsp3) is 0.550. The molecule has 1 unspecified atom stereocenters. The third kappa shape index (κ3) is 5.07. The van der Waals surface area contributed by atoms with Gasteiger partial charge in [-0.15, -0.1) is 0 Å². The third-order valence-corrected chi connectivity index (χ3v) is 5.08. The molecule has 0 saturated carbocycles. The molecular weight excluding hydrogens is 344 g/mol. The second-order valence-corrected chi connectivity index (χ2v) is 7.05. The number of benzene rings is 1. The number of piperidine rings is 1. The van der Waals surface area contributed by atoms with E-state index in [9.17, 15) is 4.79 Å². The average Bonchev–Trinajstić information content (AvgIpc) is 3.16. The van der Waals surface area contributed by atoms with Gasteiger partial charge in [-0.05, 0) is 56.9 Å². The SMILES string of the molecule is CCOc1ccc(-c2noc(CCC(=O)N3CCC(C(C)N)CC3)n2)cc1. The van der Waals surface area contributed by atoms with Gasteiger partial charge in [0.2, 0.25) is 17.6 Å². The van der Waals surface area contributed by atoms with E-state index >= 15 is 0 Å². The van der Waals surface area contributed by atoms with Crippen LogP contribution < -0.4 is 10.5 Å². The molecule has 0 spiro atoms. The number of aryl methyl sites for hydroxylation is 1. The van der Waals surface area contributed by atoms with Gasteiger partial charge in [0.1, 0.15) is 5.75 Å². The molecule has 1 aliphatic rings. The van der Waals surface area contributed by atoms with Crippen molar-refractivity contribution < 1.29 is 14.1 Å². The average molecular weight is 372 g/mol. The summed E-state index contributed by atoms with van der Waals surface area (Å²) in [5, 5.41) is 4.02. The molecule has 27 heavy (non-hydrogen) atoms. The number of aromatic nitrogens is 2. The summed E-state index contributed by atoms with van der Waals surface area (Å²) < 4.78 is 10.7. The van der Waals surface area contributed by atoms with E-state index < -0.39 is 0 Å². The number of hydrogen-bond donors (Lipinski definition) is 1. The van der Waals surface area contributed by atoms with Gasteiger partial charge in [0.05, 0.1) is 6.61 Å². The monoisotopic (exact) mass is 372 g/mol. The van der Waals surface area contributed by atoms with Gasteiger partial charge >= 0.3 is 0 Å². The Balaban J connectivity index is 1.50. The van der Waals surface area contributed by atoms with E-state index in [-0.39, 0.29) is 11.9 Å². The van der Waals surface area contributed by atoms with E-state index in [4.69, 9.17) is 15.0 Å². The van der Waals surface area contributed by atoms with Crippen LogP contribution >= 0.6 is 0 Å². The molecule has 2 heterocycles. The van der Waals surface area contributed by atoms with Crippen molar-refractivity contribution in [2.45, 2.75) is 45.6 Å². The molecule has 1 aromatic heterocycles. The lowest BCUT2D eigenvalue weighted by Gasteiger charge is -2.33. The molecule has 3 rings (SSSR count). The van der Waals surface area contributed by atoms with Crippen LogP contribution in [0.4, 0.5) is 0 Å². The van der Waals surface area contributed by atoms with E-state index in [1.54, 1.807) is 0 Å². The molecule has 2 aromatic rings. The van der Waals surface area contributed by atoms with Gasteiger partial charge in [-0.25, -0.2) is 0 Å². The lowest BCUT2D eigenvalue weighted by atomic mass is 9.91. The Bertz CT molecular complexity index is 734. The van der Waals surface area contributed by atoms with E-state index in [2.05, 4.69) is 10.1 Å². The number of carbonyl (C=O) groups excluding carboxylic acids is 1. The molecule has 1 aliphatic heterocycles. The van der Waals surface area contributed by atoms with Crippen LogP contribution in [0.2, 0.25) is 0 Å². The maximum absolute atomic E-state index is 12.4. The first-order chi connectivity index (χ1) is 13.1. The van der Waals surface area contributed by atoms with Gasteiger partial charge in [-0.3, -0.25) is 4.79 Å². The molecule has 2 N–H and O–H groups in total. The summed E-state index contributed by atoms with van der Waals surface area (Å²) in [6, 6.07) is 7.75. The van der Waals surface area contributed by atoms with Crippen LogP contribution in [-0.4, -0.2) is 46.7 Å². The normalized spacial score (nSPS) is 16.3. The molecule has 7 heteroatoms. The lowest BCUT2D eigenvalue weighted by molar-refractivity contribution is -0.132. The minimum atomic E-state index is 0.138. The fourth-order valence-corrected chi connectivity index (χ4v) is 3.39. The van der Waals surface area contributed by atoms with Gasteiger partial charge in [-0.2, -0.15) is 4.98 Å². The minimum Gasteiger partial charge on any atom is -0.494 e. The Labute approximate surface area is 159 Å². The van der Waals surface area contributed by atoms with Crippen LogP contribution in [0, 0.1) is 5.92 Å². The molecule has 0 aliphatic carbocycles. The summed E-state index contributed by atoms with van der Waals surface area (Å²) >= 11 is 0. The summed E-state index contributed by atoms with van der Waals surface area (Å²) in [7, 11) is 0. The zero-order valence-electron chi connectivity index (χ0n) is 16.1. The Morgan fingerprint density at radius 3 is 2.67 bits per heavy atom. The Morgan fingerprint density at radius 1 is 1.33 bits per heavy atom. The molecule has 146 valence electrons. The van der Waals surface area contributed by atoms with E-state index in [0.717, 1.165) is 37.2 Å². The molecule has 7 nitrogen and oxygen atoms in total. The first kappa shape index (κ1) is 19.4. The van der Waals surface area contributed by atoms with Gasteiger partial charge in [0.25, 0.3) is 0 Å². The molecule has 1 atom stereocenters. The maximum atomic E-state index is 12.4.